The van der Waals surface area contributed by atoms with Gasteiger partial charge in [-0.25, -0.2) is 0 Å². The molecule has 3 N–H and O–H groups in total. The Morgan fingerprint density at radius 3 is 2.58 bits per heavy atom. The van der Waals surface area contributed by atoms with E-state index in [-0.39, 0.29) is 36.8 Å². The maximum Gasteiger partial charge on any atom is 0.253 e. The van der Waals surface area contributed by atoms with Gasteiger partial charge in [0, 0.05) is 25.0 Å². The van der Waals surface area contributed by atoms with Crippen molar-refractivity contribution in [2.24, 2.45) is 11.7 Å². The van der Waals surface area contributed by atoms with E-state index in [1.165, 1.54) is 6.20 Å². The molecule has 1 heterocycles. The van der Waals surface area contributed by atoms with E-state index >= 15 is 0 Å². The number of nitrogens with one attached hydrogen (secondary N) is 1. The van der Waals surface area contributed by atoms with Gasteiger partial charge in [-0.3, -0.25) is 9.78 Å². The van der Waals surface area contributed by atoms with Crippen molar-refractivity contribution in [3.63, 3.8) is 0 Å². The molecule has 0 bridgehead atoms. The maximum absolute atomic E-state index is 11.9. The molecule has 1 atom stereocenters. The van der Waals surface area contributed by atoms with Crippen molar-refractivity contribution in [3.05, 3.63) is 29.0 Å². The molecule has 4 nitrogen and oxygen atoms in total. The summed E-state index contributed by atoms with van der Waals surface area (Å²) < 4.78 is 0. The molecule has 0 aliphatic rings. The second-order valence-electron chi connectivity index (χ2n) is 4.39. The third-order valence-corrected chi connectivity index (χ3v) is 2.69. The molecule has 7 heteroatoms. The number of hydrogen-bond acceptors (Lipinski definition) is 3. The summed E-state index contributed by atoms with van der Waals surface area (Å²) in [7, 11) is 0. The Bertz CT molecular complexity index is 388. The van der Waals surface area contributed by atoms with Gasteiger partial charge < -0.3 is 11.1 Å². The van der Waals surface area contributed by atoms with Gasteiger partial charge in [-0.1, -0.05) is 25.4 Å². The van der Waals surface area contributed by atoms with Gasteiger partial charge in [0.2, 0.25) is 0 Å². The molecular weight excluding hydrogens is 309 g/mol. The van der Waals surface area contributed by atoms with Crippen LogP contribution < -0.4 is 11.1 Å². The van der Waals surface area contributed by atoms with E-state index < -0.39 is 0 Å². The van der Waals surface area contributed by atoms with E-state index in [1.807, 2.05) is 0 Å². The van der Waals surface area contributed by atoms with Crippen molar-refractivity contribution in [3.8, 4) is 0 Å². The second kappa shape index (κ2) is 10.3. The second-order valence-corrected chi connectivity index (χ2v) is 4.80. The summed E-state index contributed by atoms with van der Waals surface area (Å²) in [6.07, 6.45) is 3.85. The lowest BCUT2D eigenvalue weighted by Crippen LogP contribution is -2.41. The van der Waals surface area contributed by atoms with Crippen LogP contribution in [0.25, 0.3) is 0 Å². The third-order valence-electron chi connectivity index (χ3n) is 2.39. The van der Waals surface area contributed by atoms with Crippen molar-refractivity contribution in [1.29, 1.82) is 0 Å². The topological polar surface area (TPSA) is 68.0 Å². The molecule has 19 heavy (non-hydrogen) atoms. The highest BCUT2D eigenvalue weighted by Gasteiger charge is 2.15. The molecule has 1 aromatic rings. The van der Waals surface area contributed by atoms with Crippen LogP contribution in [-0.2, 0) is 0 Å². The van der Waals surface area contributed by atoms with Crippen LogP contribution in [0, 0.1) is 5.92 Å². The van der Waals surface area contributed by atoms with Crippen molar-refractivity contribution in [2.75, 3.05) is 6.54 Å². The van der Waals surface area contributed by atoms with E-state index in [1.54, 1.807) is 12.3 Å². The minimum absolute atomic E-state index is 0. The SMILES string of the molecule is CC(C)CC(CN)NC(=O)c1ccncc1Cl.Cl.Cl. The lowest BCUT2D eigenvalue weighted by molar-refractivity contribution is 0.0934. The quantitative estimate of drug-likeness (QED) is 0.873. The van der Waals surface area contributed by atoms with Gasteiger partial charge in [-0.05, 0) is 18.4 Å². The molecule has 110 valence electrons. The molecule has 0 aliphatic heterocycles. The van der Waals surface area contributed by atoms with Gasteiger partial charge in [-0.15, -0.1) is 24.8 Å². The summed E-state index contributed by atoms with van der Waals surface area (Å²) in [5, 5.41) is 3.23. The first-order valence-electron chi connectivity index (χ1n) is 5.65. The van der Waals surface area contributed by atoms with Gasteiger partial charge in [0.05, 0.1) is 10.6 Å². The summed E-state index contributed by atoms with van der Waals surface area (Å²) in [6.45, 7) is 4.61. The van der Waals surface area contributed by atoms with Gasteiger partial charge in [0.1, 0.15) is 0 Å². The standard InChI is InChI=1S/C12H18ClN3O.2ClH/c1-8(2)5-9(6-14)16-12(17)10-3-4-15-7-11(10)13;;/h3-4,7-9H,5-6,14H2,1-2H3,(H,16,17);2*1H. The van der Waals surface area contributed by atoms with E-state index in [2.05, 4.69) is 24.1 Å². The molecule has 0 saturated heterocycles. The Labute approximate surface area is 131 Å². The Morgan fingerprint density at radius 1 is 1.47 bits per heavy atom. The van der Waals surface area contributed by atoms with Gasteiger partial charge in [0.25, 0.3) is 5.91 Å². The Balaban J connectivity index is 0. The third kappa shape index (κ3) is 6.97. The Hall–Kier alpha value is -0.550. The molecule has 1 aromatic heterocycles. The normalized spacial score (nSPS) is 11.2. The summed E-state index contributed by atoms with van der Waals surface area (Å²) >= 11 is 5.90. The first kappa shape index (κ1) is 20.8. The Kier molecular flexibility index (Phi) is 11.2. The number of carbonyl (C=O) groups is 1. The monoisotopic (exact) mass is 327 g/mol. The minimum atomic E-state index is -0.200. The van der Waals surface area contributed by atoms with Crippen LogP contribution in [0.15, 0.2) is 18.5 Å². The molecular formula is C12H20Cl3N3O. The van der Waals surface area contributed by atoms with Crippen LogP contribution in [0.2, 0.25) is 5.02 Å². The molecule has 0 aromatic carbocycles. The van der Waals surface area contributed by atoms with Crippen LogP contribution in [0.5, 0.6) is 0 Å². The Morgan fingerprint density at radius 2 is 2.11 bits per heavy atom. The molecule has 0 fully saturated rings. The largest absolute Gasteiger partial charge is 0.348 e. The number of rotatable bonds is 5. The summed E-state index contributed by atoms with van der Waals surface area (Å²) in [5.74, 6) is 0.283. The van der Waals surface area contributed by atoms with Gasteiger partial charge >= 0.3 is 0 Å². The van der Waals surface area contributed by atoms with E-state index in [4.69, 9.17) is 17.3 Å². The average molecular weight is 329 g/mol. The van der Waals surface area contributed by atoms with E-state index in [0.29, 0.717) is 23.0 Å². The number of aromatic nitrogens is 1. The van der Waals surface area contributed by atoms with Crippen molar-refractivity contribution in [2.45, 2.75) is 26.3 Å². The molecule has 0 aliphatic carbocycles. The first-order chi connectivity index (χ1) is 8.04. The van der Waals surface area contributed by atoms with Crippen LogP contribution >= 0.6 is 36.4 Å². The van der Waals surface area contributed by atoms with Crippen LogP contribution in [0.4, 0.5) is 0 Å². The molecule has 0 radical (unpaired) electrons. The van der Waals surface area contributed by atoms with Crippen LogP contribution in [0.3, 0.4) is 0 Å². The number of carbonyl (C=O) groups excluding carboxylic acids is 1. The highest BCUT2D eigenvalue weighted by Crippen LogP contribution is 2.13. The molecule has 1 amide bonds. The molecule has 0 spiro atoms. The van der Waals surface area contributed by atoms with E-state index in [9.17, 15) is 4.79 Å². The smallest absolute Gasteiger partial charge is 0.253 e. The number of nitrogens with two attached hydrogens (primary N) is 1. The first-order valence-corrected chi connectivity index (χ1v) is 6.02. The molecule has 1 rings (SSSR count). The number of halogens is 3. The fraction of sp³-hybridized carbons (Fsp3) is 0.500. The number of amides is 1. The lowest BCUT2D eigenvalue weighted by Gasteiger charge is -2.19. The minimum Gasteiger partial charge on any atom is -0.348 e. The number of nitrogens with zero attached hydrogens (tertiary/aromatic N) is 1. The molecule has 1 unspecified atom stereocenters. The van der Waals surface area contributed by atoms with Gasteiger partial charge in [-0.2, -0.15) is 0 Å². The predicted octanol–water partition coefficient (Wildman–Crippen LogP) is 2.68. The van der Waals surface area contributed by atoms with Crippen LogP contribution in [-0.4, -0.2) is 23.5 Å². The summed E-state index contributed by atoms with van der Waals surface area (Å²) in [5.41, 5.74) is 6.06. The fourth-order valence-corrected chi connectivity index (χ4v) is 1.81. The van der Waals surface area contributed by atoms with Crippen molar-refractivity contribution in [1.82, 2.24) is 10.3 Å². The van der Waals surface area contributed by atoms with Crippen LogP contribution in [0.1, 0.15) is 30.6 Å². The fourth-order valence-electron chi connectivity index (χ4n) is 1.61. The van der Waals surface area contributed by atoms with Crippen molar-refractivity contribution < 1.29 is 4.79 Å². The predicted molar refractivity (Wildman–Crippen MR) is 83.5 cm³/mol. The zero-order chi connectivity index (χ0) is 12.8. The molecule has 0 saturated carbocycles. The number of pyridine rings is 1. The maximum atomic E-state index is 11.9. The zero-order valence-electron chi connectivity index (χ0n) is 10.9. The lowest BCUT2D eigenvalue weighted by atomic mass is 10.0. The average Bonchev–Trinajstić information content (AvgIpc) is 2.27. The van der Waals surface area contributed by atoms with Crippen molar-refractivity contribution >= 4 is 42.3 Å². The highest BCUT2D eigenvalue weighted by atomic mass is 35.5. The van der Waals surface area contributed by atoms with Gasteiger partial charge in [0.15, 0.2) is 0 Å². The zero-order valence-corrected chi connectivity index (χ0v) is 13.3. The summed E-state index contributed by atoms with van der Waals surface area (Å²) in [6, 6.07) is 1.58. The van der Waals surface area contributed by atoms with E-state index in [0.717, 1.165) is 6.42 Å². The highest BCUT2D eigenvalue weighted by molar-refractivity contribution is 6.33. The number of hydrogen-bond donors (Lipinski definition) is 2. The summed E-state index contributed by atoms with van der Waals surface area (Å²) in [4.78, 5) is 15.8.